The Morgan fingerprint density at radius 3 is 2.81 bits per heavy atom. The highest BCUT2D eigenvalue weighted by atomic mass is 16.4. The predicted octanol–water partition coefficient (Wildman–Crippen LogP) is 0.104. The third-order valence-electron chi connectivity index (χ3n) is 5.16. The Balaban J connectivity index is 1.54. The Labute approximate surface area is 153 Å². The quantitative estimate of drug-likeness (QED) is 0.704. The smallest absolute Gasteiger partial charge is 0.317 e. The second-order valence-corrected chi connectivity index (χ2v) is 6.92. The molecule has 3 rings (SSSR count). The summed E-state index contributed by atoms with van der Waals surface area (Å²) in [5.74, 6) is 0.793. The summed E-state index contributed by atoms with van der Waals surface area (Å²) >= 11 is 0. The van der Waals surface area contributed by atoms with Gasteiger partial charge in [0.2, 0.25) is 5.91 Å². The summed E-state index contributed by atoms with van der Waals surface area (Å²) in [6, 6.07) is 2.45. The number of nitrogens with one attached hydrogen (secondary N) is 1. The Morgan fingerprint density at radius 2 is 2.15 bits per heavy atom. The Morgan fingerprint density at radius 1 is 1.38 bits per heavy atom. The van der Waals surface area contributed by atoms with Crippen LogP contribution in [0.2, 0.25) is 0 Å². The average molecular weight is 362 g/mol. The summed E-state index contributed by atoms with van der Waals surface area (Å²) in [5.41, 5.74) is 0. The van der Waals surface area contributed by atoms with Crippen LogP contribution < -0.4 is 10.2 Å². The van der Waals surface area contributed by atoms with Gasteiger partial charge in [0.15, 0.2) is 0 Å². The van der Waals surface area contributed by atoms with Crippen molar-refractivity contribution in [3.8, 4) is 0 Å². The molecule has 0 radical (unpaired) electrons. The highest BCUT2D eigenvalue weighted by Gasteiger charge is 2.34. The molecule has 1 aliphatic heterocycles. The zero-order valence-corrected chi connectivity index (χ0v) is 15.3. The molecule has 1 saturated heterocycles. The van der Waals surface area contributed by atoms with E-state index in [0.29, 0.717) is 19.1 Å². The first kappa shape index (κ1) is 18.4. The van der Waals surface area contributed by atoms with E-state index >= 15 is 0 Å². The van der Waals surface area contributed by atoms with E-state index < -0.39 is 5.97 Å². The van der Waals surface area contributed by atoms with E-state index in [-0.39, 0.29) is 18.5 Å². The molecule has 0 bridgehead atoms. The van der Waals surface area contributed by atoms with E-state index in [0.717, 1.165) is 37.6 Å². The van der Waals surface area contributed by atoms with Gasteiger partial charge in [0, 0.05) is 38.3 Å². The third-order valence-corrected chi connectivity index (χ3v) is 5.16. The predicted molar refractivity (Wildman–Crippen MR) is 97.2 cm³/mol. The lowest BCUT2D eigenvalue weighted by molar-refractivity contribution is -0.139. The minimum absolute atomic E-state index is 0.0863. The van der Waals surface area contributed by atoms with Gasteiger partial charge in [0.1, 0.15) is 18.0 Å². The molecule has 1 aliphatic carbocycles. The molecule has 26 heavy (non-hydrogen) atoms. The molecule has 1 amide bonds. The fourth-order valence-corrected chi connectivity index (χ4v) is 3.44. The lowest BCUT2D eigenvalue weighted by Crippen LogP contribution is -2.51. The van der Waals surface area contributed by atoms with Gasteiger partial charge in [-0.1, -0.05) is 6.92 Å². The molecule has 0 aromatic carbocycles. The van der Waals surface area contributed by atoms with Crippen LogP contribution in [0.25, 0.3) is 0 Å². The molecule has 2 N–H and O–H groups in total. The summed E-state index contributed by atoms with van der Waals surface area (Å²) in [6.45, 7) is 4.58. The van der Waals surface area contributed by atoms with Gasteiger partial charge in [-0.3, -0.25) is 14.5 Å². The number of hydrogen-bond acceptors (Lipinski definition) is 7. The number of likely N-dealkylation sites (N-methyl/N-ethyl adjacent to an activating group) is 2. The van der Waals surface area contributed by atoms with E-state index in [4.69, 9.17) is 5.11 Å². The van der Waals surface area contributed by atoms with Crippen LogP contribution in [0.15, 0.2) is 12.4 Å². The fourth-order valence-electron chi connectivity index (χ4n) is 3.44. The summed E-state index contributed by atoms with van der Waals surface area (Å²) in [4.78, 5) is 37.0. The highest BCUT2D eigenvalue weighted by molar-refractivity contribution is 5.82. The van der Waals surface area contributed by atoms with E-state index in [2.05, 4.69) is 15.3 Å². The number of carboxylic acids is 1. The topological polar surface area (TPSA) is 102 Å². The number of hydrogen-bond donors (Lipinski definition) is 2. The molecular formula is C17H26N6O3. The number of aromatic nitrogens is 2. The summed E-state index contributed by atoms with van der Waals surface area (Å²) < 4.78 is 0. The molecule has 0 spiro atoms. The van der Waals surface area contributed by atoms with Crippen molar-refractivity contribution < 1.29 is 14.7 Å². The van der Waals surface area contributed by atoms with E-state index in [1.54, 1.807) is 4.90 Å². The summed E-state index contributed by atoms with van der Waals surface area (Å²) in [7, 11) is 1.81. The fraction of sp³-hybridized carbons (Fsp3) is 0.647. The molecule has 2 aliphatic rings. The number of carboxylic acid groups (broad SMARTS) is 1. The van der Waals surface area contributed by atoms with Crippen LogP contribution in [0, 0.1) is 0 Å². The number of anilines is 2. The molecule has 9 heteroatoms. The number of carbonyl (C=O) groups excluding carboxylic acids is 1. The summed E-state index contributed by atoms with van der Waals surface area (Å²) in [5, 5.41) is 12.4. The molecule has 1 aromatic heterocycles. The number of aliphatic carboxylic acids is 1. The van der Waals surface area contributed by atoms with Crippen LogP contribution in [0.3, 0.4) is 0 Å². The van der Waals surface area contributed by atoms with Gasteiger partial charge in [-0.25, -0.2) is 9.97 Å². The van der Waals surface area contributed by atoms with Crippen LogP contribution in [0.4, 0.5) is 11.6 Å². The minimum atomic E-state index is -0.787. The van der Waals surface area contributed by atoms with Crippen molar-refractivity contribution in [3.05, 3.63) is 12.4 Å². The van der Waals surface area contributed by atoms with Crippen molar-refractivity contribution in [3.63, 3.8) is 0 Å². The second kappa shape index (κ2) is 7.86. The zero-order valence-electron chi connectivity index (χ0n) is 15.3. The van der Waals surface area contributed by atoms with Crippen LogP contribution in [-0.2, 0) is 9.59 Å². The zero-order chi connectivity index (χ0) is 18.7. The standard InChI is InChI=1S/C17H26N6O3/c1-3-22(10-17(25)26)13-6-12(7-13)20-14-8-15(19-11-18-14)23-5-4-21(2)16(24)9-23/h8,11-13H,3-7,9-10H2,1-2H3,(H,25,26)(H,18,19,20). The van der Waals surface area contributed by atoms with Crippen LogP contribution in [0.5, 0.6) is 0 Å². The number of rotatable bonds is 7. The maximum absolute atomic E-state index is 11.9. The first-order valence-corrected chi connectivity index (χ1v) is 8.99. The van der Waals surface area contributed by atoms with Crippen molar-refractivity contribution in [2.75, 3.05) is 50.0 Å². The minimum Gasteiger partial charge on any atom is -0.480 e. The van der Waals surface area contributed by atoms with Gasteiger partial charge in [0.05, 0.1) is 13.1 Å². The van der Waals surface area contributed by atoms with Crippen LogP contribution in [0.1, 0.15) is 19.8 Å². The molecule has 1 aromatic rings. The Kier molecular flexibility index (Phi) is 5.55. The van der Waals surface area contributed by atoms with Crippen molar-refractivity contribution in [1.29, 1.82) is 0 Å². The van der Waals surface area contributed by atoms with Gasteiger partial charge < -0.3 is 20.2 Å². The van der Waals surface area contributed by atoms with E-state index in [1.165, 1.54) is 6.33 Å². The molecule has 142 valence electrons. The number of amides is 1. The average Bonchev–Trinajstić information content (AvgIpc) is 2.58. The van der Waals surface area contributed by atoms with Gasteiger partial charge in [-0.2, -0.15) is 0 Å². The number of piperazine rings is 1. The van der Waals surface area contributed by atoms with Crippen molar-refractivity contribution >= 4 is 23.5 Å². The third kappa shape index (κ3) is 4.21. The van der Waals surface area contributed by atoms with Gasteiger partial charge >= 0.3 is 5.97 Å². The highest BCUT2D eigenvalue weighted by Crippen LogP contribution is 2.28. The van der Waals surface area contributed by atoms with Crippen molar-refractivity contribution in [2.45, 2.75) is 31.8 Å². The second-order valence-electron chi connectivity index (χ2n) is 6.92. The van der Waals surface area contributed by atoms with E-state index in [1.807, 2.05) is 29.8 Å². The van der Waals surface area contributed by atoms with Gasteiger partial charge in [-0.15, -0.1) is 0 Å². The molecule has 0 atom stereocenters. The lowest BCUT2D eigenvalue weighted by atomic mass is 9.85. The SMILES string of the molecule is CCN(CC(=O)O)C1CC(Nc2cc(N3CCN(C)C(=O)C3)ncn2)C1. The molecule has 2 heterocycles. The largest absolute Gasteiger partial charge is 0.480 e. The van der Waals surface area contributed by atoms with Crippen molar-refractivity contribution in [1.82, 2.24) is 19.8 Å². The van der Waals surface area contributed by atoms with Crippen LogP contribution >= 0.6 is 0 Å². The lowest BCUT2D eigenvalue weighted by Gasteiger charge is -2.42. The maximum atomic E-state index is 11.9. The molecule has 2 fully saturated rings. The van der Waals surface area contributed by atoms with Gasteiger partial charge in [-0.05, 0) is 19.4 Å². The molecule has 1 saturated carbocycles. The molecule has 9 nitrogen and oxygen atoms in total. The first-order chi connectivity index (χ1) is 12.5. The Bertz CT molecular complexity index is 664. The molecule has 0 unspecified atom stereocenters. The number of nitrogens with zero attached hydrogens (tertiary/aromatic N) is 5. The normalized spacial score (nSPS) is 23.1. The van der Waals surface area contributed by atoms with E-state index in [9.17, 15) is 9.59 Å². The van der Waals surface area contributed by atoms with Crippen LogP contribution in [-0.4, -0.2) is 88.6 Å². The molecular weight excluding hydrogens is 336 g/mol. The van der Waals surface area contributed by atoms with Crippen molar-refractivity contribution in [2.24, 2.45) is 0 Å². The maximum Gasteiger partial charge on any atom is 0.317 e. The van der Waals surface area contributed by atoms with Gasteiger partial charge in [0.25, 0.3) is 0 Å². The summed E-state index contributed by atoms with van der Waals surface area (Å²) in [6.07, 6.45) is 3.31. The number of carbonyl (C=O) groups is 2. The Hall–Kier alpha value is -2.42. The first-order valence-electron chi connectivity index (χ1n) is 8.99. The monoisotopic (exact) mass is 362 g/mol.